The molecule has 1 aromatic carbocycles. The number of aliphatic carboxylic acids is 1. The van der Waals surface area contributed by atoms with Gasteiger partial charge in [0, 0.05) is 24.4 Å². The van der Waals surface area contributed by atoms with E-state index < -0.39 is 12.0 Å². The lowest BCUT2D eigenvalue weighted by Crippen LogP contribution is -2.42. The Labute approximate surface area is 140 Å². The van der Waals surface area contributed by atoms with Gasteiger partial charge in [-0.05, 0) is 24.0 Å². The zero-order valence-corrected chi connectivity index (χ0v) is 13.9. The second kappa shape index (κ2) is 7.77. The Morgan fingerprint density at radius 1 is 1.29 bits per heavy atom. The molecule has 0 spiro atoms. The van der Waals surface area contributed by atoms with Crippen molar-refractivity contribution < 1.29 is 19.5 Å². The van der Waals surface area contributed by atoms with Gasteiger partial charge in [-0.15, -0.1) is 0 Å². The summed E-state index contributed by atoms with van der Waals surface area (Å²) in [7, 11) is 0. The molecule has 24 heavy (non-hydrogen) atoms. The summed E-state index contributed by atoms with van der Waals surface area (Å²) in [5, 5.41) is 12.8. The number of carboxylic acid groups (broad SMARTS) is 1. The topological polar surface area (TPSA) is 88.4 Å². The van der Waals surface area contributed by atoms with Crippen LogP contribution in [-0.2, 0) is 20.8 Å². The second-order valence-electron chi connectivity index (χ2n) is 6.28. The molecule has 1 atom stereocenters. The molecule has 1 heterocycles. The van der Waals surface area contributed by atoms with Gasteiger partial charge in [0.1, 0.15) is 6.04 Å². The number of hydrogen-bond acceptors (Lipinski definition) is 3. The molecule has 0 aliphatic carbocycles. The maximum atomic E-state index is 11.9. The van der Waals surface area contributed by atoms with Gasteiger partial charge < -0.3 is 10.4 Å². The van der Waals surface area contributed by atoms with Crippen molar-refractivity contribution in [1.29, 1.82) is 0 Å². The molecule has 0 radical (unpaired) electrons. The van der Waals surface area contributed by atoms with E-state index in [1.54, 1.807) is 12.3 Å². The fourth-order valence-electron chi connectivity index (χ4n) is 2.63. The zero-order chi connectivity index (χ0) is 17.7. The minimum absolute atomic E-state index is 0.129. The van der Waals surface area contributed by atoms with Crippen LogP contribution in [0.15, 0.2) is 30.5 Å². The molecule has 2 aromatic rings. The molecular weight excluding hydrogens is 308 g/mol. The Bertz CT molecular complexity index is 749. The summed E-state index contributed by atoms with van der Waals surface area (Å²) < 4.78 is 1.42. The van der Waals surface area contributed by atoms with Crippen molar-refractivity contribution in [2.24, 2.45) is 5.92 Å². The Hall–Kier alpha value is -2.63. The Kier molecular flexibility index (Phi) is 5.73. The maximum absolute atomic E-state index is 11.9. The maximum Gasteiger partial charge on any atom is 0.326 e. The van der Waals surface area contributed by atoms with Crippen LogP contribution in [0.1, 0.15) is 32.3 Å². The summed E-state index contributed by atoms with van der Waals surface area (Å²) >= 11 is 0. The molecular formula is C18H22N2O4. The van der Waals surface area contributed by atoms with Crippen LogP contribution in [0.2, 0.25) is 0 Å². The number of para-hydroxylation sites is 1. The van der Waals surface area contributed by atoms with Crippen LogP contribution >= 0.6 is 0 Å². The second-order valence-corrected chi connectivity index (χ2v) is 6.28. The van der Waals surface area contributed by atoms with Gasteiger partial charge in [0.25, 0.3) is 0 Å². The fraction of sp³-hybridized carbons (Fsp3) is 0.389. The lowest BCUT2D eigenvalue weighted by atomic mass is 10.0. The predicted molar refractivity (Wildman–Crippen MR) is 91.4 cm³/mol. The van der Waals surface area contributed by atoms with Crippen molar-refractivity contribution in [3.05, 3.63) is 36.0 Å². The normalized spacial score (nSPS) is 12.3. The van der Waals surface area contributed by atoms with E-state index in [-0.39, 0.29) is 12.3 Å². The number of fused-ring (bicyclic) bond motifs is 1. The third-order valence-corrected chi connectivity index (χ3v) is 3.94. The average Bonchev–Trinajstić information content (AvgIpc) is 2.90. The van der Waals surface area contributed by atoms with Crippen LogP contribution in [0, 0.1) is 5.92 Å². The van der Waals surface area contributed by atoms with Gasteiger partial charge >= 0.3 is 5.97 Å². The third-order valence-electron chi connectivity index (χ3n) is 3.94. The van der Waals surface area contributed by atoms with E-state index in [0.29, 0.717) is 30.7 Å². The molecule has 1 amide bonds. The molecule has 1 aromatic heterocycles. The molecule has 6 nitrogen and oxygen atoms in total. The van der Waals surface area contributed by atoms with Gasteiger partial charge in [-0.1, -0.05) is 32.0 Å². The van der Waals surface area contributed by atoms with Gasteiger partial charge in [-0.3, -0.25) is 14.2 Å². The standard InChI is InChI=1S/C18H22N2O4/c1-12(2)7-8-17(22)19-15(18(23)24)9-13-10-20(11-21)16-6-4-3-5-14(13)16/h3-6,10-12,15H,7-9H2,1-2H3,(H,19,22)(H,23,24)/t15-/m0/s1. The van der Waals surface area contributed by atoms with Gasteiger partial charge in [-0.2, -0.15) is 0 Å². The van der Waals surface area contributed by atoms with E-state index in [1.165, 1.54) is 4.57 Å². The van der Waals surface area contributed by atoms with E-state index in [0.717, 1.165) is 10.9 Å². The molecule has 2 rings (SSSR count). The van der Waals surface area contributed by atoms with E-state index >= 15 is 0 Å². The van der Waals surface area contributed by atoms with Crippen LogP contribution in [-0.4, -0.2) is 34.0 Å². The number of carbonyl (C=O) groups is 3. The molecule has 2 N–H and O–H groups in total. The molecule has 0 bridgehead atoms. The van der Waals surface area contributed by atoms with Crippen LogP contribution in [0.5, 0.6) is 0 Å². The van der Waals surface area contributed by atoms with Crippen LogP contribution in [0.3, 0.4) is 0 Å². The first-order valence-corrected chi connectivity index (χ1v) is 7.98. The van der Waals surface area contributed by atoms with E-state index in [1.807, 2.05) is 32.0 Å². The Balaban J connectivity index is 2.18. The van der Waals surface area contributed by atoms with E-state index in [9.17, 15) is 19.5 Å². The minimum atomic E-state index is -1.09. The molecule has 0 saturated heterocycles. The van der Waals surface area contributed by atoms with Crippen molar-refractivity contribution in [3.8, 4) is 0 Å². The smallest absolute Gasteiger partial charge is 0.326 e. The zero-order valence-electron chi connectivity index (χ0n) is 13.9. The van der Waals surface area contributed by atoms with E-state index in [2.05, 4.69) is 5.32 Å². The highest BCUT2D eigenvalue weighted by molar-refractivity contribution is 5.90. The molecule has 0 fully saturated rings. The number of benzene rings is 1. The number of carbonyl (C=O) groups excluding carboxylic acids is 2. The molecule has 0 unspecified atom stereocenters. The van der Waals surface area contributed by atoms with Gasteiger partial charge in [0.2, 0.25) is 12.3 Å². The summed E-state index contributed by atoms with van der Waals surface area (Å²) in [5.41, 5.74) is 1.44. The number of carboxylic acids is 1. The van der Waals surface area contributed by atoms with Gasteiger partial charge in [0.15, 0.2) is 0 Å². The van der Waals surface area contributed by atoms with Gasteiger partial charge in [0.05, 0.1) is 5.52 Å². The summed E-state index contributed by atoms with van der Waals surface area (Å²) in [6, 6.07) is 6.26. The monoisotopic (exact) mass is 330 g/mol. The highest BCUT2D eigenvalue weighted by Gasteiger charge is 2.22. The molecule has 6 heteroatoms. The van der Waals surface area contributed by atoms with Crippen molar-refractivity contribution in [3.63, 3.8) is 0 Å². The van der Waals surface area contributed by atoms with Crippen LogP contribution in [0.4, 0.5) is 0 Å². The third kappa shape index (κ3) is 4.22. The molecule has 0 aliphatic heterocycles. The van der Waals surface area contributed by atoms with Crippen molar-refractivity contribution in [2.45, 2.75) is 39.2 Å². The van der Waals surface area contributed by atoms with Crippen molar-refractivity contribution >= 4 is 29.2 Å². The first-order valence-electron chi connectivity index (χ1n) is 7.98. The SMILES string of the molecule is CC(C)CCC(=O)N[C@@H](Cc1cn(C=O)c2ccccc12)C(=O)O. The average molecular weight is 330 g/mol. The number of nitrogens with one attached hydrogen (secondary N) is 1. The summed E-state index contributed by atoms with van der Waals surface area (Å²) in [6.07, 6.45) is 3.45. The Morgan fingerprint density at radius 3 is 2.62 bits per heavy atom. The van der Waals surface area contributed by atoms with Crippen molar-refractivity contribution in [2.75, 3.05) is 0 Å². The Morgan fingerprint density at radius 2 is 2.00 bits per heavy atom. The summed E-state index contributed by atoms with van der Waals surface area (Å²) in [4.78, 5) is 34.6. The lowest BCUT2D eigenvalue weighted by molar-refractivity contribution is -0.141. The van der Waals surface area contributed by atoms with Crippen LogP contribution in [0.25, 0.3) is 10.9 Å². The molecule has 0 saturated carbocycles. The predicted octanol–water partition coefficient (Wildman–Crippen LogP) is 2.23. The first-order chi connectivity index (χ1) is 11.4. The quantitative estimate of drug-likeness (QED) is 0.727. The summed E-state index contributed by atoms with van der Waals surface area (Å²) in [6.45, 7) is 4.02. The lowest BCUT2D eigenvalue weighted by Gasteiger charge is -2.14. The number of nitrogens with zero attached hydrogens (tertiary/aromatic N) is 1. The molecule has 128 valence electrons. The minimum Gasteiger partial charge on any atom is -0.480 e. The first kappa shape index (κ1) is 17.7. The highest BCUT2D eigenvalue weighted by Crippen LogP contribution is 2.21. The largest absolute Gasteiger partial charge is 0.480 e. The fourth-order valence-corrected chi connectivity index (χ4v) is 2.63. The summed E-state index contributed by atoms with van der Waals surface area (Å²) in [5.74, 6) is -0.976. The molecule has 0 aliphatic rings. The number of rotatable bonds is 8. The van der Waals surface area contributed by atoms with Crippen molar-refractivity contribution in [1.82, 2.24) is 9.88 Å². The van der Waals surface area contributed by atoms with E-state index in [4.69, 9.17) is 0 Å². The number of amides is 1. The van der Waals surface area contributed by atoms with Gasteiger partial charge in [-0.25, -0.2) is 4.79 Å². The number of aromatic nitrogens is 1. The highest BCUT2D eigenvalue weighted by atomic mass is 16.4. The number of hydrogen-bond donors (Lipinski definition) is 2. The van der Waals surface area contributed by atoms with Crippen LogP contribution < -0.4 is 5.32 Å².